The zero-order valence-electron chi connectivity index (χ0n) is 13.6. The summed E-state index contributed by atoms with van der Waals surface area (Å²) in [6.45, 7) is 5.40. The van der Waals surface area contributed by atoms with Crippen LogP contribution in [0.3, 0.4) is 0 Å². The molecule has 1 fully saturated rings. The third kappa shape index (κ3) is 5.38. The summed E-state index contributed by atoms with van der Waals surface area (Å²) in [5, 5.41) is 8.84. The molecule has 9 heteroatoms. The van der Waals surface area contributed by atoms with Gasteiger partial charge in [0.2, 0.25) is 0 Å². The Balaban J connectivity index is 1.92. The Kier molecular flexibility index (Phi) is 6.85. The standard InChI is InChI=1S/C15H22N4O4S/c1-12-2-4-13(5-3-12)11-18-6-8-19(9-7-18)14(15(20)17-21)10-16-24(22)23/h2-5,14,21H,6-11H2,1H3,(H,17,20). The molecule has 2 rings (SSSR count). The molecule has 1 unspecified atom stereocenters. The molecule has 1 amide bonds. The molecular formula is C15H22N4O4S. The lowest BCUT2D eigenvalue weighted by Crippen LogP contribution is -2.55. The van der Waals surface area contributed by atoms with Crippen LogP contribution in [0.15, 0.2) is 28.6 Å². The normalized spacial score (nSPS) is 17.2. The van der Waals surface area contributed by atoms with Gasteiger partial charge < -0.3 is 0 Å². The first-order valence-electron chi connectivity index (χ1n) is 7.72. The van der Waals surface area contributed by atoms with E-state index < -0.39 is 22.4 Å². The largest absolute Gasteiger partial charge is 0.311 e. The molecule has 0 aromatic heterocycles. The number of benzene rings is 1. The van der Waals surface area contributed by atoms with Gasteiger partial charge in [-0.2, -0.15) is 12.8 Å². The van der Waals surface area contributed by atoms with Crippen LogP contribution in [0, 0.1) is 6.92 Å². The monoisotopic (exact) mass is 354 g/mol. The molecule has 1 saturated heterocycles. The van der Waals surface area contributed by atoms with Gasteiger partial charge >= 0.3 is 10.5 Å². The van der Waals surface area contributed by atoms with Gasteiger partial charge in [-0.3, -0.25) is 19.8 Å². The molecule has 1 aliphatic heterocycles. The maximum absolute atomic E-state index is 11.8. The summed E-state index contributed by atoms with van der Waals surface area (Å²) >= 11 is 0. The molecule has 1 aromatic carbocycles. The number of carbonyl (C=O) groups is 1. The van der Waals surface area contributed by atoms with Gasteiger partial charge in [-0.15, -0.1) is 0 Å². The van der Waals surface area contributed by atoms with Gasteiger partial charge in [0.15, 0.2) is 0 Å². The number of nitrogens with one attached hydrogen (secondary N) is 1. The van der Waals surface area contributed by atoms with E-state index >= 15 is 0 Å². The summed E-state index contributed by atoms with van der Waals surface area (Å²) in [5.74, 6) is -0.642. The molecule has 8 nitrogen and oxygen atoms in total. The van der Waals surface area contributed by atoms with E-state index in [-0.39, 0.29) is 6.54 Å². The van der Waals surface area contributed by atoms with Crippen LogP contribution in [0.1, 0.15) is 11.1 Å². The lowest BCUT2D eigenvalue weighted by atomic mass is 10.1. The summed E-state index contributed by atoms with van der Waals surface area (Å²) in [4.78, 5) is 15.9. The van der Waals surface area contributed by atoms with Crippen molar-refractivity contribution in [3.8, 4) is 0 Å². The molecule has 0 spiro atoms. The number of hydrogen-bond acceptors (Lipinski definition) is 7. The zero-order valence-corrected chi connectivity index (χ0v) is 14.4. The molecule has 132 valence electrons. The smallest absolute Gasteiger partial charge is 0.297 e. The Morgan fingerprint density at radius 3 is 2.42 bits per heavy atom. The van der Waals surface area contributed by atoms with Gasteiger partial charge in [0.25, 0.3) is 5.91 Å². The third-order valence-corrected chi connectivity index (χ3v) is 4.50. The van der Waals surface area contributed by atoms with Crippen molar-refractivity contribution in [2.24, 2.45) is 4.36 Å². The lowest BCUT2D eigenvalue weighted by Gasteiger charge is -2.37. The molecule has 0 radical (unpaired) electrons. The highest BCUT2D eigenvalue weighted by Crippen LogP contribution is 2.12. The van der Waals surface area contributed by atoms with Crippen molar-refractivity contribution in [2.75, 3.05) is 32.7 Å². The molecule has 1 aromatic rings. The predicted molar refractivity (Wildman–Crippen MR) is 88.0 cm³/mol. The van der Waals surface area contributed by atoms with Gasteiger partial charge in [-0.05, 0) is 12.5 Å². The highest BCUT2D eigenvalue weighted by atomic mass is 32.2. The Hall–Kier alpha value is -1.81. The maximum Gasteiger partial charge on any atom is 0.311 e. The number of rotatable bonds is 6. The quantitative estimate of drug-likeness (QED) is 0.553. The molecule has 0 bridgehead atoms. The van der Waals surface area contributed by atoms with Crippen LogP contribution >= 0.6 is 0 Å². The van der Waals surface area contributed by atoms with Crippen LogP contribution < -0.4 is 5.48 Å². The van der Waals surface area contributed by atoms with E-state index in [2.05, 4.69) is 40.5 Å². The second-order valence-corrected chi connectivity index (χ2v) is 6.51. The van der Waals surface area contributed by atoms with Crippen molar-refractivity contribution in [3.05, 3.63) is 35.4 Å². The van der Waals surface area contributed by atoms with Crippen LogP contribution in [-0.4, -0.2) is 68.1 Å². The topological polar surface area (TPSA) is 102 Å². The van der Waals surface area contributed by atoms with Crippen LogP contribution in [0.5, 0.6) is 0 Å². The first kappa shape index (κ1) is 18.5. The van der Waals surface area contributed by atoms with Crippen molar-refractivity contribution < 1.29 is 18.4 Å². The van der Waals surface area contributed by atoms with E-state index in [0.29, 0.717) is 13.1 Å². The summed E-state index contributed by atoms with van der Waals surface area (Å²) in [7, 11) is -2.57. The maximum atomic E-state index is 11.8. The number of nitrogens with zero attached hydrogens (tertiary/aromatic N) is 3. The zero-order chi connectivity index (χ0) is 17.5. The molecule has 0 aliphatic carbocycles. The number of carbonyl (C=O) groups excluding carboxylic acids is 1. The minimum absolute atomic E-state index is 0.194. The second-order valence-electron chi connectivity index (χ2n) is 5.82. The first-order chi connectivity index (χ1) is 11.5. The van der Waals surface area contributed by atoms with Gasteiger partial charge in [-0.25, -0.2) is 5.48 Å². The third-order valence-electron chi connectivity index (χ3n) is 4.14. The van der Waals surface area contributed by atoms with Gasteiger partial charge in [-0.1, -0.05) is 29.8 Å². The Labute approximate surface area is 142 Å². The fourth-order valence-corrected chi connectivity index (χ4v) is 3.02. The number of amides is 1. The first-order valence-corrected chi connectivity index (χ1v) is 8.75. The van der Waals surface area contributed by atoms with Crippen molar-refractivity contribution in [1.29, 1.82) is 0 Å². The fourth-order valence-electron chi connectivity index (χ4n) is 2.75. The van der Waals surface area contributed by atoms with E-state index in [1.807, 2.05) is 4.90 Å². The summed E-state index contributed by atoms with van der Waals surface area (Å²) in [5.41, 5.74) is 4.04. The highest BCUT2D eigenvalue weighted by Gasteiger charge is 2.29. The number of piperazine rings is 1. The lowest BCUT2D eigenvalue weighted by molar-refractivity contribution is -0.135. The summed E-state index contributed by atoms with van der Waals surface area (Å²) in [6.07, 6.45) is 0. The van der Waals surface area contributed by atoms with E-state index in [4.69, 9.17) is 5.21 Å². The van der Waals surface area contributed by atoms with Crippen LogP contribution in [0.4, 0.5) is 0 Å². The number of aryl methyl sites for hydroxylation is 1. The fraction of sp³-hybridized carbons (Fsp3) is 0.533. The van der Waals surface area contributed by atoms with Crippen LogP contribution in [0.25, 0.3) is 0 Å². The molecule has 2 N–H and O–H groups in total. The summed E-state index contributed by atoms with van der Waals surface area (Å²) < 4.78 is 24.5. The molecule has 24 heavy (non-hydrogen) atoms. The number of hydroxylamine groups is 1. The van der Waals surface area contributed by atoms with Crippen molar-refractivity contribution in [2.45, 2.75) is 19.5 Å². The molecule has 1 aliphatic rings. The van der Waals surface area contributed by atoms with Crippen LogP contribution in [-0.2, 0) is 21.8 Å². The molecule has 1 heterocycles. The average Bonchev–Trinajstić information content (AvgIpc) is 2.58. The summed E-state index contributed by atoms with van der Waals surface area (Å²) in [6, 6.07) is 7.59. The van der Waals surface area contributed by atoms with Crippen molar-refractivity contribution in [3.63, 3.8) is 0 Å². The van der Waals surface area contributed by atoms with E-state index in [0.717, 1.165) is 19.6 Å². The van der Waals surface area contributed by atoms with Gasteiger partial charge in [0.05, 0.1) is 6.54 Å². The van der Waals surface area contributed by atoms with E-state index in [1.165, 1.54) is 11.1 Å². The minimum Gasteiger partial charge on any atom is -0.297 e. The van der Waals surface area contributed by atoms with Crippen molar-refractivity contribution in [1.82, 2.24) is 15.3 Å². The van der Waals surface area contributed by atoms with Crippen molar-refractivity contribution >= 4 is 16.4 Å². The van der Waals surface area contributed by atoms with Crippen LogP contribution in [0.2, 0.25) is 0 Å². The minimum atomic E-state index is -2.57. The van der Waals surface area contributed by atoms with E-state index in [1.54, 1.807) is 5.48 Å². The van der Waals surface area contributed by atoms with E-state index in [9.17, 15) is 13.2 Å². The molecule has 0 saturated carbocycles. The Bertz CT molecular complexity index is 674. The Morgan fingerprint density at radius 2 is 1.88 bits per heavy atom. The molecular weight excluding hydrogens is 332 g/mol. The molecule has 1 atom stereocenters. The average molecular weight is 354 g/mol. The predicted octanol–water partition coefficient (Wildman–Crippen LogP) is 0.0493. The number of hydrogen-bond donors (Lipinski definition) is 2. The second kappa shape index (κ2) is 8.88. The van der Waals surface area contributed by atoms with Gasteiger partial charge in [0.1, 0.15) is 6.04 Å². The highest BCUT2D eigenvalue weighted by molar-refractivity contribution is 7.61. The Morgan fingerprint density at radius 1 is 1.25 bits per heavy atom. The SMILES string of the molecule is Cc1ccc(CN2CCN(C(CN=S(=O)=O)C(=O)NO)CC2)cc1. The van der Waals surface area contributed by atoms with Gasteiger partial charge in [0, 0.05) is 32.7 Å².